The lowest BCUT2D eigenvalue weighted by molar-refractivity contribution is 0.433. The Morgan fingerprint density at radius 1 is 1.14 bits per heavy atom. The van der Waals surface area contributed by atoms with Crippen LogP contribution in [0.4, 0.5) is 5.82 Å². The van der Waals surface area contributed by atoms with Crippen molar-refractivity contribution >= 4 is 12.0 Å². The molecule has 0 unspecified atom stereocenters. The van der Waals surface area contributed by atoms with Crippen molar-refractivity contribution in [2.75, 3.05) is 0 Å². The van der Waals surface area contributed by atoms with Crippen molar-refractivity contribution in [1.29, 1.82) is 0 Å². The van der Waals surface area contributed by atoms with Crippen LogP contribution in [0.5, 0.6) is 5.88 Å². The summed E-state index contributed by atoms with van der Waals surface area (Å²) in [7, 11) is 0. The minimum absolute atomic E-state index is 0.0875. The Morgan fingerprint density at radius 2 is 1.90 bits per heavy atom. The molecule has 104 valence electrons. The predicted octanol–water partition coefficient (Wildman–Crippen LogP) is 2.02. The third-order valence-corrected chi connectivity index (χ3v) is 2.90. The quantitative estimate of drug-likeness (QED) is 0.720. The van der Waals surface area contributed by atoms with Gasteiger partial charge < -0.3 is 5.11 Å². The molecule has 1 aromatic carbocycles. The molecule has 0 spiro atoms. The molecule has 6 heteroatoms. The van der Waals surface area contributed by atoms with E-state index in [-0.39, 0.29) is 11.4 Å². The topological polar surface area (TPSA) is 83.3 Å². The van der Waals surface area contributed by atoms with Gasteiger partial charge in [0.2, 0.25) is 5.88 Å². The molecule has 0 saturated carbocycles. The van der Waals surface area contributed by atoms with E-state index in [1.54, 1.807) is 36.5 Å². The largest absolute Gasteiger partial charge is 0.493 e. The van der Waals surface area contributed by atoms with E-state index in [0.717, 1.165) is 0 Å². The van der Waals surface area contributed by atoms with Crippen LogP contribution in [0.15, 0.2) is 64.5 Å². The van der Waals surface area contributed by atoms with Gasteiger partial charge in [-0.1, -0.05) is 24.3 Å². The summed E-state index contributed by atoms with van der Waals surface area (Å²) in [6, 6.07) is 14.3. The lowest BCUT2D eigenvalue weighted by atomic mass is 10.3. The van der Waals surface area contributed by atoms with Gasteiger partial charge in [0.1, 0.15) is 5.56 Å². The lowest BCUT2D eigenvalue weighted by Crippen LogP contribution is -2.06. The van der Waals surface area contributed by atoms with E-state index in [1.165, 1.54) is 10.9 Å². The monoisotopic (exact) mass is 280 g/mol. The van der Waals surface area contributed by atoms with E-state index in [4.69, 9.17) is 0 Å². The van der Waals surface area contributed by atoms with Crippen molar-refractivity contribution in [2.24, 2.45) is 4.99 Å². The predicted molar refractivity (Wildman–Crippen MR) is 79.5 cm³/mol. The van der Waals surface area contributed by atoms with E-state index in [0.29, 0.717) is 11.5 Å². The molecular formula is C15H12N4O2. The second kappa shape index (κ2) is 5.46. The van der Waals surface area contributed by atoms with Gasteiger partial charge in [-0.3, -0.25) is 9.89 Å². The molecule has 0 aliphatic rings. The van der Waals surface area contributed by atoms with Gasteiger partial charge in [-0.2, -0.15) is 0 Å². The number of aliphatic imine (C=N–C) groups is 1. The molecule has 0 aliphatic carbocycles. The summed E-state index contributed by atoms with van der Waals surface area (Å²) in [5.41, 5.74) is 0.324. The Balaban J connectivity index is 2.00. The zero-order valence-electron chi connectivity index (χ0n) is 11.0. The van der Waals surface area contributed by atoms with Crippen molar-refractivity contribution in [2.45, 2.75) is 0 Å². The van der Waals surface area contributed by atoms with Crippen LogP contribution < -0.4 is 5.56 Å². The molecule has 0 aliphatic heterocycles. The Kier molecular flexibility index (Phi) is 3.34. The van der Waals surface area contributed by atoms with Crippen LogP contribution in [0.2, 0.25) is 0 Å². The fraction of sp³-hybridized carbons (Fsp3) is 0. The van der Waals surface area contributed by atoms with Gasteiger partial charge in [0.05, 0.1) is 5.69 Å². The van der Waals surface area contributed by atoms with Crippen LogP contribution in [0.25, 0.3) is 5.69 Å². The number of nitrogens with zero attached hydrogens (tertiary/aromatic N) is 3. The zero-order valence-corrected chi connectivity index (χ0v) is 11.0. The fourth-order valence-electron chi connectivity index (χ4n) is 1.88. The molecule has 0 amide bonds. The number of H-pyrrole nitrogens is 1. The number of pyridine rings is 1. The van der Waals surface area contributed by atoms with Gasteiger partial charge in [-0.25, -0.2) is 14.7 Å². The SMILES string of the molecule is O=c1[nH]n(-c2ccccc2)c(O)c1/C=N/c1ccccn1. The number of rotatable bonds is 3. The average molecular weight is 280 g/mol. The van der Waals surface area contributed by atoms with Crippen molar-refractivity contribution < 1.29 is 5.11 Å². The number of aromatic amines is 1. The second-order valence-corrected chi connectivity index (χ2v) is 4.30. The summed E-state index contributed by atoms with van der Waals surface area (Å²) in [4.78, 5) is 20.0. The second-order valence-electron chi connectivity index (χ2n) is 4.30. The summed E-state index contributed by atoms with van der Waals surface area (Å²) < 4.78 is 1.31. The van der Waals surface area contributed by atoms with E-state index >= 15 is 0 Å². The van der Waals surface area contributed by atoms with Crippen LogP contribution in [0.3, 0.4) is 0 Å². The average Bonchev–Trinajstić information content (AvgIpc) is 2.82. The fourth-order valence-corrected chi connectivity index (χ4v) is 1.88. The highest BCUT2D eigenvalue weighted by Crippen LogP contribution is 2.17. The van der Waals surface area contributed by atoms with Gasteiger partial charge in [-0.15, -0.1) is 0 Å². The maximum atomic E-state index is 11.9. The summed E-state index contributed by atoms with van der Waals surface area (Å²) >= 11 is 0. The van der Waals surface area contributed by atoms with Crippen molar-refractivity contribution in [3.8, 4) is 11.6 Å². The molecule has 0 saturated heterocycles. The Bertz CT molecular complexity index is 820. The van der Waals surface area contributed by atoms with Gasteiger partial charge >= 0.3 is 0 Å². The molecule has 0 bridgehead atoms. The number of hydrogen-bond acceptors (Lipinski definition) is 4. The first-order chi connectivity index (χ1) is 10.3. The number of para-hydroxylation sites is 1. The van der Waals surface area contributed by atoms with Gasteiger partial charge in [0.15, 0.2) is 5.82 Å². The Hall–Kier alpha value is -3.15. The van der Waals surface area contributed by atoms with Crippen molar-refractivity contribution in [3.63, 3.8) is 0 Å². The van der Waals surface area contributed by atoms with Crippen molar-refractivity contribution in [3.05, 3.63) is 70.6 Å². The summed E-state index contributed by atoms with van der Waals surface area (Å²) in [5.74, 6) is 0.273. The normalized spacial score (nSPS) is 11.0. The molecule has 0 atom stereocenters. The standard InChI is InChI=1S/C15H12N4O2/c20-14-12(10-17-13-8-4-5-9-16-13)15(21)19(18-14)11-6-2-1-3-7-11/h1-10,21H,(H,18,20)/b17-10+. The number of benzene rings is 1. The van der Waals surface area contributed by atoms with Crippen molar-refractivity contribution in [1.82, 2.24) is 14.8 Å². The van der Waals surface area contributed by atoms with Crippen LogP contribution in [0, 0.1) is 0 Å². The van der Waals surface area contributed by atoms with Gasteiger partial charge in [0.25, 0.3) is 5.56 Å². The minimum Gasteiger partial charge on any atom is -0.493 e. The molecule has 0 fully saturated rings. The van der Waals surface area contributed by atoms with Crippen LogP contribution in [-0.2, 0) is 0 Å². The first-order valence-electron chi connectivity index (χ1n) is 6.30. The highest BCUT2D eigenvalue weighted by Gasteiger charge is 2.13. The number of hydrogen-bond donors (Lipinski definition) is 2. The molecule has 2 N–H and O–H groups in total. The van der Waals surface area contributed by atoms with Gasteiger partial charge in [-0.05, 0) is 24.3 Å². The molecule has 3 aromatic rings. The maximum Gasteiger partial charge on any atom is 0.277 e. The number of aromatic nitrogens is 3. The summed E-state index contributed by atoms with van der Waals surface area (Å²) in [6.07, 6.45) is 2.90. The Morgan fingerprint density at radius 3 is 2.62 bits per heavy atom. The summed E-state index contributed by atoms with van der Waals surface area (Å²) in [6.45, 7) is 0. The summed E-state index contributed by atoms with van der Waals surface area (Å²) in [5, 5.41) is 12.7. The van der Waals surface area contributed by atoms with E-state index < -0.39 is 5.56 Å². The zero-order chi connectivity index (χ0) is 14.7. The molecule has 0 radical (unpaired) electrons. The third kappa shape index (κ3) is 2.59. The van der Waals surface area contributed by atoms with Gasteiger partial charge in [0, 0.05) is 12.4 Å². The first kappa shape index (κ1) is 12.9. The molecule has 2 aromatic heterocycles. The maximum absolute atomic E-state index is 11.9. The number of aromatic hydroxyl groups is 1. The molecule has 2 heterocycles. The molecule has 21 heavy (non-hydrogen) atoms. The highest BCUT2D eigenvalue weighted by molar-refractivity contribution is 5.84. The first-order valence-corrected chi connectivity index (χ1v) is 6.30. The molecule has 6 nitrogen and oxygen atoms in total. The minimum atomic E-state index is -0.420. The van der Waals surface area contributed by atoms with Crippen LogP contribution in [-0.4, -0.2) is 26.1 Å². The molecule has 3 rings (SSSR count). The molecular weight excluding hydrogens is 268 g/mol. The third-order valence-electron chi connectivity index (χ3n) is 2.90. The van der Waals surface area contributed by atoms with E-state index in [2.05, 4.69) is 15.1 Å². The van der Waals surface area contributed by atoms with E-state index in [1.807, 2.05) is 18.2 Å². The number of nitrogens with one attached hydrogen (secondary N) is 1. The van der Waals surface area contributed by atoms with Crippen LogP contribution in [0.1, 0.15) is 5.56 Å². The highest BCUT2D eigenvalue weighted by atomic mass is 16.3. The Labute approximate surface area is 120 Å². The lowest BCUT2D eigenvalue weighted by Gasteiger charge is -2.02. The van der Waals surface area contributed by atoms with Crippen LogP contribution >= 0.6 is 0 Å². The van der Waals surface area contributed by atoms with E-state index in [9.17, 15) is 9.90 Å². The smallest absolute Gasteiger partial charge is 0.277 e.